The number of fused-ring (bicyclic) bond motifs is 1. The van der Waals surface area contributed by atoms with Crippen molar-refractivity contribution in [2.24, 2.45) is 5.84 Å². The van der Waals surface area contributed by atoms with Crippen molar-refractivity contribution in [1.29, 1.82) is 5.26 Å². The Labute approximate surface area is 83.4 Å². The highest BCUT2D eigenvalue weighted by Crippen LogP contribution is 2.23. The number of nitrogens with one attached hydrogen (secondary N) is 1. The first kappa shape index (κ1) is 8.80. The fourth-order valence-electron chi connectivity index (χ4n) is 1.05. The van der Waals surface area contributed by atoms with Crippen molar-refractivity contribution in [1.82, 2.24) is 15.0 Å². The Kier molecular flexibility index (Phi) is 2.22. The minimum absolute atomic E-state index is 0.283. The standard InChI is InChI=1S/C7H6N6S/c8-2-1-4-12-5-6(13-9)10-3-11-7(5)14-4/h3H,1,9H2,(H,10,11,13). The smallest absolute Gasteiger partial charge is 0.170 e. The summed E-state index contributed by atoms with van der Waals surface area (Å²) in [4.78, 5) is 12.9. The summed E-state index contributed by atoms with van der Waals surface area (Å²) >= 11 is 1.37. The average Bonchev–Trinajstić information content (AvgIpc) is 2.60. The van der Waals surface area contributed by atoms with Gasteiger partial charge in [0.25, 0.3) is 0 Å². The number of nitrogens with two attached hydrogens (primary N) is 1. The van der Waals surface area contributed by atoms with Crippen molar-refractivity contribution < 1.29 is 0 Å². The first-order valence-corrected chi connectivity index (χ1v) is 4.60. The van der Waals surface area contributed by atoms with Crippen molar-refractivity contribution >= 4 is 27.5 Å². The van der Waals surface area contributed by atoms with E-state index in [9.17, 15) is 0 Å². The van der Waals surface area contributed by atoms with Gasteiger partial charge in [-0.25, -0.2) is 20.8 Å². The van der Waals surface area contributed by atoms with E-state index in [1.165, 1.54) is 17.7 Å². The maximum Gasteiger partial charge on any atom is 0.170 e. The van der Waals surface area contributed by atoms with Crippen LogP contribution in [0.25, 0.3) is 10.3 Å². The van der Waals surface area contributed by atoms with E-state index < -0.39 is 0 Å². The van der Waals surface area contributed by atoms with E-state index >= 15 is 0 Å². The molecule has 70 valence electrons. The molecule has 0 aliphatic heterocycles. The van der Waals surface area contributed by atoms with E-state index in [1.807, 2.05) is 6.07 Å². The van der Waals surface area contributed by atoms with Gasteiger partial charge in [0.15, 0.2) is 5.82 Å². The van der Waals surface area contributed by atoms with Gasteiger partial charge in [0.1, 0.15) is 21.7 Å². The topological polar surface area (TPSA) is 101 Å². The molecule has 7 heteroatoms. The number of nitrogen functional groups attached to an aromatic ring is 1. The summed E-state index contributed by atoms with van der Waals surface area (Å²) in [6, 6.07) is 2.03. The number of hydrogen-bond acceptors (Lipinski definition) is 7. The van der Waals surface area contributed by atoms with E-state index in [-0.39, 0.29) is 6.42 Å². The quantitative estimate of drug-likeness (QED) is 0.546. The predicted molar refractivity (Wildman–Crippen MR) is 52.3 cm³/mol. The molecular weight excluding hydrogens is 200 g/mol. The maximum atomic E-state index is 8.51. The molecule has 0 fully saturated rings. The van der Waals surface area contributed by atoms with Gasteiger partial charge in [-0.3, -0.25) is 0 Å². The number of nitrogens with zero attached hydrogens (tertiary/aromatic N) is 4. The van der Waals surface area contributed by atoms with E-state index in [2.05, 4.69) is 20.4 Å². The van der Waals surface area contributed by atoms with Crippen LogP contribution in [0, 0.1) is 11.3 Å². The summed E-state index contributed by atoms with van der Waals surface area (Å²) in [5.74, 6) is 5.74. The van der Waals surface area contributed by atoms with Gasteiger partial charge < -0.3 is 5.43 Å². The lowest BCUT2D eigenvalue weighted by molar-refractivity contribution is 1.16. The zero-order valence-electron chi connectivity index (χ0n) is 7.06. The van der Waals surface area contributed by atoms with E-state index in [4.69, 9.17) is 11.1 Å². The molecule has 3 N–H and O–H groups in total. The molecule has 6 nitrogen and oxygen atoms in total. The molecule has 0 radical (unpaired) electrons. The Morgan fingerprint density at radius 2 is 2.43 bits per heavy atom. The van der Waals surface area contributed by atoms with Gasteiger partial charge in [-0.15, -0.1) is 0 Å². The molecule has 0 unspecified atom stereocenters. The molecular formula is C7H6N6S. The van der Waals surface area contributed by atoms with Gasteiger partial charge in [0, 0.05) is 0 Å². The Morgan fingerprint density at radius 3 is 3.14 bits per heavy atom. The summed E-state index contributed by atoms with van der Waals surface area (Å²) in [5.41, 5.74) is 3.05. The average molecular weight is 206 g/mol. The lowest BCUT2D eigenvalue weighted by Crippen LogP contribution is -2.09. The molecule has 0 aliphatic carbocycles. The maximum absolute atomic E-state index is 8.51. The first-order chi connectivity index (χ1) is 6.85. The van der Waals surface area contributed by atoms with Crippen LogP contribution in [0.2, 0.25) is 0 Å². The van der Waals surface area contributed by atoms with Crippen molar-refractivity contribution in [3.05, 3.63) is 11.3 Å². The van der Waals surface area contributed by atoms with Crippen LogP contribution >= 0.6 is 11.3 Å². The van der Waals surface area contributed by atoms with E-state index in [1.54, 1.807) is 0 Å². The number of thiazole rings is 1. The second kappa shape index (κ2) is 3.53. The highest BCUT2D eigenvalue weighted by Gasteiger charge is 2.08. The van der Waals surface area contributed by atoms with Crippen LogP contribution in [-0.2, 0) is 6.42 Å². The number of nitriles is 1. The molecule has 2 rings (SSSR count). The summed E-state index contributed by atoms with van der Waals surface area (Å²) < 4.78 is 0. The molecule has 0 amide bonds. The lowest BCUT2D eigenvalue weighted by atomic mass is 10.5. The van der Waals surface area contributed by atoms with Gasteiger partial charge in [0.05, 0.1) is 12.5 Å². The van der Waals surface area contributed by atoms with Crippen molar-refractivity contribution in [2.45, 2.75) is 6.42 Å². The molecule has 0 atom stereocenters. The third-order valence-corrected chi connectivity index (χ3v) is 2.57. The molecule has 0 saturated carbocycles. The minimum Gasteiger partial charge on any atom is -0.307 e. The predicted octanol–water partition coefficient (Wildman–Crippen LogP) is 0.438. The van der Waals surface area contributed by atoms with Gasteiger partial charge in [-0.1, -0.05) is 11.3 Å². The van der Waals surface area contributed by atoms with Crippen LogP contribution in [0.3, 0.4) is 0 Å². The van der Waals surface area contributed by atoms with Gasteiger partial charge in [-0.05, 0) is 0 Å². The summed E-state index contributed by atoms with van der Waals surface area (Å²) in [7, 11) is 0. The molecule has 0 bridgehead atoms. The van der Waals surface area contributed by atoms with Crippen LogP contribution in [0.15, 0.2) is 6.33 Å². The number of aromatic nitrogens is 3. The second-order valence-electron chi connectivity index (χ2n) is 2.46. The molecule has 2 aromatic heterocycles. The number of rotatable bonds is 2. The fourth-order valence-corrected chi connectivity index (χ4v) is 1.88. The number of hydrazine groups is 1. The van der Waals surface area contributed by atoms with Crippen molar-refractivity contribution in [2.75, 3.05) is 5.43 Å². The summed E-state index contributed by atoms with van der Waals surface area (Å²) in [5, 5.41) is 9.23. The van der Waals surface area contributed by atoms with E-state index in [0.29, 0.717) is 11.3 Å². The molecule has 0 aromatic carbocycles. The minimum atomic E-state index is 0.283. The van der Waals surface area contributed by atoms with Crippen LogP contribution in [0.4, 0.5) is 5.82 Å². The molecule has 14 heavy (non-hydrogen) atoms. The SMILES string of the molecule is N#CCc1nc2c(NN)ncnc2s1. The molecule has 0 spiro atoms. The highest BCUT2D eigenvalue weighted by atomic mass is 32.1. The summed E-state index contributed by atoms with van der Waals surface area (Å²) in [6.07, 6.45) is 1.69. The third-order valence-electron chi connectivity index (χ3n) is 1.61. The normalized spacial score (nSPS) is 10.0. The third kappa shape index (κ3) is 1.37. The first-order valence-electron chi connectivity index (χ1n) is 3.79. The zero-order chi connectivity index (χ0) is 9.97. The fraction of sp³-hybridized carbons (Fsp3) is 0.143. The monoisotopic (exact) mass is 206 g/mol. The zero-order valence-corrected chi connectivity index (χ0v) is 7.88. The Hall–Kier alpha value is -1.78. The summed E-state index contributed by atoms with van der Waals surface area (Å²) in [6.45, 7) is 0. The van der Waals surface area contributed by atoms with Gasteiger partial charge >= 0.3 is 0 Å². The highest BCUT2D eigenvalue weighted by molar-refractivity contribution is 7.18. The van der Waals surface area contributed by atoms with Crippen LogP contribution in [0.1, 0.15) is 5.01 Å². The Bertz CT molecular complexity index is 498. The Balaban J connectivity index is 2.59. The number of hydrogen-bond donors (Lipinski definition) is 2. The van der Waals surface area contributed by atoms with Crippen LogP contribution < -0.4 is 11.3 Å². The van der Waals surface area contributed by atoms with Gasteiger partial charge in [-0.2, -0.15) is 5.26 Å². The van der Waals surface area contributed by atoms with Crippen LogP contribution in [0.5, 0.6) is 0 Å². The van der Waals surface area contributed by atoms with E-state index in [0.717, 1.165) is 9.84 Å². The number of anilines is 1. The molecule has 2 aromatic rings. The second-order valence-corrected chi connectivity index (χ2v) is 3.52. The Morgan fingerprint density at radius 1 is 1.57 bits per heavy atom. The molecule has 0 saturated heterocycles. The lowest BCUT2D eigenvalue weighted by Gasteiger charge is -1.96. The van der Waals surface area contributed by atoms with Crippen LogP contribution in [-0.4, -0.2) is 15.0 Å². The largest absolute Gasteiger partial charge is 0.307 e. The van der Waals surface area contributed by atoms with Crippen molar-refractivity contribution in [3.63, 3.8) is 0 Å². The van der Waals surface area contributed by atoms with Gasteiger partial charge in [0.2, 0.25) is 0 Å². The van der Waals surface area contributed by atoms with Crippen molar-refractivity contribution in [3.8, 4) is 6.07 Å². The molecule has 0 aliphatic rings. The molecule has 2 heterocycles.